The molecule has 7 nitrogen and oxygen atoms in total. The zero-order chi connectivity index (χ0) is 21.6. The smallest absolute Gasteiger partial charge is 0.408 e. The van der Waals surface area contributed by atoms with Gasteiger partial charge in [-0.15, -0.1) is 0 Å². The van der Waals surface area contributed by atoms with Crippen LogP contribution >= 0.6 is 0 Å². The van der Waals surface area contributed by atoms with Crippen LogP contribution in [-0.4, -0.2) is 40.8 Å². The number of carboxylic acid groups (broad SMARTS) is 1. The fourth-order valence-corrected chi connectivity index (χ4v) is 4.62. The van der Waals surface area contributed by atoms with E-state index in [1.807, 2.05) is 36.4 Å². The molecule has 2 fully saturated rings. The SMILES string of the molecule is O=C(NC1(C(=O)NC2(C(=O)O)CCC2)CC1)OCC1c2ccccc2-c2ccccc21. The van der Waals surface area contributed by atoms with Crippen molar-refractivity contribution in [2.45, 2.75) is 49.1 Å². The van der Waals surface area contributed by atoms with E-state index in [-0.39, 0.29) is 12.5 Å². The third-order valence-electron chi connectivity index (χ3n) is 6.84. The van der Waals surface area contributed by atoms with Crippen molar-refractivity contribution in [2.75, 3.05) is 6.61 Å². The van der Waals surface area contributed by atoms with Crippen LogP contribution in [0.1, 0.15) is 49.1 Å². The Morgan fingerprint density at radius 2 is 1.45 bits per heavy atom. The Morgan fingerprint density at radius 1 is 0.871 bits per heavy atom. The van der Waals surface area contributed by atoms with Gasteiger partial charge in [0.25, 0.3) is 0 Å². The van der Waals surface area contributed by atoms with E-state index >= 15 is 0 Å². The molecule has 2 amide bonds. The molecule has 31 heavy (non-hydrogen) atoms. The van der Waals surface area contributed by atoms with E-state index in [0.717, 1.165) is 28.7 Å². The van der Waals surface area contributed by atoms with Gasteiger partial charge < -0.3 is 20.5 Å². The van der Waals surface area contributed by atoms with Gasteiger partial charge in [-0.2, -0.15) is 0 Å². The number of hydrogen-bond donors (Lipinski definition) is 3. The number of nitrogens with one attached hydrogen (secondary N) is 2. The Labute approximate surface area is 179 Å². The number of fused-ring (bicyclic) bond motifs is 3. The van der Waals surface area contributed by atoms with Gasteiger partial charge in [-0.05, 0) is 54.4 Å². The summed E-state index contributed by atoms with van der Waals surface area (Å²) >= 11 is 0. The van der Waals surface area contributed by atoms with Crippen LogP contribution in [0.5, 0.6) is 0 Å². The average molecular weight is 420 g/mol. The highest BCUT2D eigenvalue weighted by Gasteiger charge is 2.56. The molecule has 0 aromatic heterocycles. The van der Waals surface area contributed by atoms with E-state index in [1.54, 1.807) is 0 Å². The van der Waals surface area contributed by atoms with Gasteiger partial charge in [-0.3, -0.25) is 4.79 Å². The van der Waals surface area contributed by atoms with Gasteiger partial charge in [0.1, 0.15) is 17.7 Å². The van der Waals surface area contributed by atoms with Gasteiger partial charge in [0.15, 0.2) is 0 Å². The molecule has 0 heterocycles. The number of hydrogen-bond acceptors (Lipinski definition) is 4. The van der Waals surface area contributed by atoms with Crippen molar-refractivity contribution in [1.29, 1.82) is 0 Å². The quantitative estimate of drug-likeness (QED) is 0.666. The van der Waals surface area contributed by atoms with E-state index in [4.69, 9.17) is 4.74 Å². The lowest BCUT2D eigenvalue weighted by molar-refractivity contribution is -0.152. The summed E-state index contributed by atoms with van der Waals surface area (Å²) in [6.45, 7) is 0.163. The van der Waals surface area contributed by atoms with E-state index in [2.05, 4.69) is 22.8 Å². The van der Waals surface area contributed by atoms with E-state index in [1.165, 1.54) is 0 Å². The molecule has 0 spiro atoms. The maximum atomic E-state index is 12.7. The first-order valence-electron chi connectivity index (χ1n) is 10.6. The first-order valence-corrected chi connectivity index (χ1v) is 10.6. The molecule has 2 saturated carbocycles. The first kappa shape index (κ1) is 19.6. The number of carbonyl (C=O) groups is 3. The zero-order valence-corrected chi connectivity index (χ0v) is 17.0. The predicted octanol–water partition coefficient (Wildman–Crippen LogP) is 3.18. The van der Waals surface area contributed by atoms with Gasteiger partial charge in [-0.25, -0.2) is 9.59 Å². The van der Waals surface area contributed by atoms with Crippen molar-refractivity contribution in [1.82, 2.24) is 10.6 Å². The summed E-state index contributed by atoms with van der Waals surface area (Å²) in [5.74, 6) is -1.53. The Morgan fingerprint density at radius 3 is 1.94 bits per heavy atom. The van der Waals surface area contributed by atoms with Gasteiger partial charge in [0.2, 0.25) is 5.91 Å². The summed E-state index contributed by atoms with van der Waals surface area (Å²) in [7, 11) is 0. The highest BCUT2D eigenvalue weighted by atomic mass is 16.5. The maximum absolute atomic E-state index is 12.7. The number of alkyl carbamates (subject to hydrolysis) is 1. The van der Waals surface area contributed by atoms with Gasteiger partial charge in [0.05, 0.1) is 0 Å². The lowest BCUT2D eigenvalue weighted by atomic mass is 9.76. The molecule has 3 N–H and O–H groups in total. The molecule has 2 aromatic rings. The molecular weight excluding hydrogens is 396 g/mol. The highest BCUT2D eigenvalue weighted by molar-refractivity contribution is 5.96. The summed E-state index contributed by atoms with van der Waals surface area (Å²) in [5.41, 5.74) is 2.25. The topological polar surface area (TPSA) is 105 Å². The molecule has 0 unspecified atom stereocenters. The summed E-state index contributed by atoms with van der Waals surface area (Å²) in [4.78, 5) is 36.8. The lowest BCUT2D eigenvalue weighted by Crippen LogP contribution is -2.63. The van der Waals surface area contributed by atoms with Crippen LogP contribution in [0, 0.1) is 0 Å². The number of rotatable bonds is 6. The summed E-state index contributed by atoms with van der Waals surface area (Å²) in [6.07, 6.45) is 1.87. The molecule has 2 aromatic carbocycles. The predicted molar refractivity (Wildman–Crippen MR) is 113 cm³/mol. The Kier molecular flexibility index (Phi) is 4.50. The minimum atomic E-state index is -1.20. The number of carbonyl (C=O) groups excluding carboxylic acids is 2. The number of aliphatic carboxylic acids is 1. The average Bonchev–Trinajstić information content (AvgIpc) is 3.44. The van der Waals surface area contributed by atoms with Crippen molar-refractivity contribution >= 4 is 18.0 Å². The number of ether oxygens (including phenoxy) is 1. The van der Waals surface area contributed by atoms with Crippen LogP contribution in [0.4, 0.5) is 4.79 Å². The van der Waals surface area contributed by atoms with Crippen molar-refractivity contribution in [3.63, 3.8) is 0 Å². The fourth-order valence-electron chi connectivity index (χ4n) is 4.62. The largest absolute Gasteiger partial charge is 0.480 e. The second kappa shape index (κ2) is 7.11. The van der Waals surface area contributed by atoms with Crippen molar-refractivity contribution in [3.8, 4) is 11.1 Å². The molecule has 0 aliphatic heterocycles. The van der Waals surface area contributed by atoms with E-state index < -0.39 is 29.0 Å². The van der Waals surface area contributed by atoms with Crippen LogP contribution in [-0.2, 0) is 14.3 Å². The molecule has 0 atom stereocenters. The summed E-state index contributed by atoms with van der Waals surface area (Å²) in [5, 5.41) is 14.8. The van der Waals surface area contributed by atoms with Crippen LogP contribution < -0.4 is 10.6 Å². The molecule has 160 valence electrons. The Bertz CT molecular complexity index is 1030. The lowest BCUT2D eigenvalue weighted by Gasteiger charge is -2.39. The third kappa shape index (κ3) is 3.24. The van der Waals surface area contributed by atoms with Crippen molar-refractivity contribution in [2.24, 2.45) is 0 Å². The molecular formula is C24H24N2O5. The monoisotopic (exact) mass is 420 g/mol. The molecule has 3 aliphatic rings. The first-order chi connectivity index (χ1) is 14.9. The number of amides is 2. The van der Waals surface area contributed by atoms with Crippen LogP contribution in [0.25, 0.3) is 11.1 Å². The Hall–Kier alpha value is -3.35. The zero-order valence-electron chi connectivity index (χ0n) is 17.0. The summed E-state index contributed by atoms with van der Waals surface area (Å²) in [6, 6.07) is 16.1. The maximum Gasteiger partial charge on any atom is 0.408 e. The number of benzene rings is 2. The molecule has 0 radical (unpaired) electrons. The molecule has 0 bridgehead atoms. The van der Waals surface area contributed by atoms with Crippen LogP contribution in [0.15, 0.2) is 48.5 Å². The standard InChI is InChI=1S/C24H24N2O5/c27-20(25-24(21(28)29)10-5-11-24)23(12-13-23)26-22(30)31-14-19-17-8-3-1-6-15(17)16-7-2-4-9-18(16)19/h1-4,6-9,19H,5,10-14H2,(H,25,27)(H,26,30)(H,28,29). The molecule has 7 heteroatoms. The van der Waals surface area contributed by atoms with Crippen LogP contribution in [0.3, 0.4) is 0 Å². The second-order valence-electron chi connectivity index (χ2n) is 8.73. The van der Waals surface area contributed by atoms with E-state index in [0.29, 0.717) is 25.7 Å². The normalized spacial score (nSPS) is 19.4. The van der Waals surface area contributed by atoms with Crippen molar-refractivity contribution < 1.29 is 24.2 Å². The Balaban J connectivity index is 1.24. The minimum absolute atomic E-state index is 0.0626. The summed E-state index contributed by atoms with van der Waals surface area (Å²) < 4.78 is 5.54. The fraction of sp³-hybridized carbons (Fsp3) is 0.375. The highest BCUT2D eigenvalue weighted by Crippen LogP contribution is 2.44. The number of carboxylic acids is 1. The van der Waals surface area contributed by atoms with E-state index in [9.17, 15) is 19.5 Å². The van der Waals surface area contributed by atoms with Crippen molar-refractivity contribution in [3.05, 3.63) is 59.7 Å². The van der Waals surface area contributed by atoms with Gasteiger partial charge >= 0.3 is 12.1 Å². The van der Waals surface area contributed by atoms with Gasteiger partial charge in [-0.1, -0.05) is 48.5 Å². The van der Waals surface area contributed by atoms with Crippen LogP contribution in [0.2, 0.25) is 0 Å². The van der Waals surface area contributed by atoms with Gasteiger partial charge in [0, 0.05) is 5.92 Å². The second-order valence-corrected chi connectivity index (χ2v) is 8.73. The molecule has 3 aliphatic carbocycles. The minimum Gasteiger partial charge on any atom is -0.480 e. The molecule has 5 rings (SSSR count). The third-order valence-corrected chi connectivity index (χ3v) is 6.84. The molecule has 0 saturated heterocycles.